The molecule has 0 spiro atoms. The number of hydrogen-bond donors (Lipinski definition) is 0. The molecule has 0 N–H and O–H groups in total. The van der Waals surface area contributed by atoms with Crippen LogP contribution in [0.2, 0.25) is 0 Å². The number of esters is 1. The van der Waals surface area contributed by atoms with Crippen molar-refractivity contribution in [1.29, 1.82) is 0 Å². The molecule has 4 heteroatoms. The normalized spacial score (nSPS) is 29.2. The average Bonchev–Trinajstić information content (AvgIpc) is 2.72. The van der Waals surface area contributed by atoms with Crippen molar-refractivity contribution in [1.82, 2.24) is 4.90 Å². The first-order valence-electron chi connectivity index (χ1n) is 6.79. The molecule has 4 rings (SSSR count). The Morgan fingerprint density at radius 2 is 1.84 bits per heavy atom. The van der Waals surface area contributed by atoms with Crippen LogP contribution >= 0.6 is 12.4 Å². The monoisotopic (exact) mass is 281 g/mol. The van der Waals surface area contributed by atoms with Gasteiger partial charge in [-0.1, -0.05) is 18.2 Å². The van der Waals surface area contributed by atoms with E-state index >= 15 is 0 Å². The maximum atomic E-state index is 12.0. The maximum absolute atomic E-state index is 12.0. The summed E-state index contributed by atoms with van der Waals surface area (Å²) in [6.45, 7) is 3.25. The minimum Gasteiger partial charge on any atom is -0.457 e. The first-order chi connectivity index (χ1) is 8.81. The van der Waals surface area contributed by atoms with E-state index < -0.39 is 0 Å². The summed E-state index contributed by atoms with van der Waals surface area (Å²) in [5, 5.41) is 0. The number of ether oxygens (including phenoxy) is 1. The molecular weight excluding hydrogens is 262 g/mol. The van der Waals surface area contributed by atoms with Crippen LogP contribution < -0.4 is 0 Å². The molecule has 0 radical (unpaired) electrons. The van der Waals surface area contributed by atoms with Crippen molar-refractivity contribution < 1.29 is 9.53 Å². The molecule has 3 aliphatic heterocycles. The van der Waals surface area contributed by atoms with Gasteiger partial charge in [-0.25, -0.2) is 4.79 Å². The summed E-state index contributed by atoms with van der Waals surface area (Å²) in [7, 11) is 0. The molecule has 19 heavy (non-hydrogen) atoms. The van der Waals surface area contributed by atoms with E-state index in [1.54, 1.807) is 0 Å². The zero-order valence-electron chi connectivity index (χ0n) is 11.0. The maximum Gasteiger partial charge on any atom is 0.338 e. The highest BCUT2D eigenvalue weighted by molar-refractivity contribution is 5.89. The van der Waals surface area contributed by atoms with Crippen molar-refractivity contribution in [2.45, 2.75) is 25.4 Å². The van der Waals surface area contributed by atoms with Gasteiger partial charge >= 0.3 is 5.97 Å². The minimum absolute atomic E-state index is 0. The first-order valence-corrected chi connectivity index (χ1v) is 6.79. The Labute approximate surface area is 120 Å². The summed E-state index contributed by atoms with van der Waals surface area (Å²) < 4.78 is 5.66. The fourth-order valence-electron chi connectivity index (χ4n) is 3.02. The van der Waals surface area contributed by atoms with Crippen LogP contribution in [0.4, 0.5) is 0 Å². The Morgan fingerprint density at radius 1 is 1.16 bits per heavy atom. The van der Waals surface area contributed by atoms with E-state index in [0.717, 1.165) is 18.9 Å². The van der Waals surface area contributed by atoms with Crippen LogP contribution in [-0.2, 0) is 4.74 Å². The lowest BCUT2D eigenvalue weighted by Crippen LogP contribution is -2.34. The molecule has 0 aromatic heterocycles. The molecule has 3 heterocycles. The van der Waals surface area contributed by atoms with Crippen LogP contribution in [0.25, 0.3) is 0 Å². The highest BCUT2D eigenvalue weighted by atomic mass is 35.5. The Balaban J connectivity index is 0.00000133. The molecular formula is C15H20ClNO2. The number of benzene rings is 1. The fraction of sp³-hybridized carbons (Fsp3) is 0.533. The van der Waals surface area contributed by atoms with Crippen LogP contribution in [0.1, 0.15) is 29.6 Å². The Morgan fingerprint density at radius 3 is 2.53 bits per heavy atom. The van der Waals surface area contributed by atoms with Gasteiger partial charge in [-0.05, 0) is 50.4 Å². The lowest BCUT2D eigenvalue weighted by molar-refractivity contribution is 0.0230. The minimum atomic E-state index is -0.178. The van der Waals surface area contributed by atoms with Gasteiger partial charge in [0, 0.05) is 6.54 Å². The van der Waals surface area contributed by atoms with Gasteiger partial charge in [0.1, 0.15) is 6.10 Å². The zero-order valence-corrected chi connectivity index (χ0v) is 11.8. The summed E-state index contributed by atoms with van der Waals surface area (Å²) in [6, 6.07) is 9.28. The number of carbonyl (C=O) groups excluding carboxylic acids is 1. The molecule has 104 valence electrons. The lowest BCUT2D eigenvalue weighted by atomic mass is 9.95. The number of fused-ring (bicyclic) bond motifs is 4. The van der Waals surface area contributed by atoms with E-state index in [1.165, 1.54) is 25.9 Å². The van der Waals surface area contributed by atoms with E-state index in [1.807, 2.05) is 30.3 Å². The number of nitrogens with zero attached hydrogens (tertiary/aromatic N) is 1. The van der Waals surface area contributed by atoms with Gasteiger partial charge in [0.2, 0.25) is 0 Å². The van der Waals surface area contributed by atoms with E-state index in [9.17, 15) is 4.79 Å². The van der Waals surface area contributed by atoms with Crippen LogP contribution in [0.5, 0.6) is 0 Å². The number of rotatable bonds is 2. The van der Waals surface area contributed by atoms with E-state index in [-0.39, 0.29) is 24.5 Å². The molecule has 3 fully saturated rings. The number of piperidine rings is 1. The zero-order chi connectivity index (χ0) is 12.4. The van der Waals surface area contributed by atoms with Crippen molar-refractivity contribution in [3.63, 3.8) is 0 Å². The quantitative estimate of drug-likeness (QED) is 0.781. The Kier molecular flexibility index (Phi) is 4.83. The summed E-state index contributed by atoms with van der Waals surface area (Å²) >= 11 is 0. The summed E-state index contributed by atoms with van der Waals surface area (Å²) in [5.74, 6) is 0.570. The highest BCUT2D eigenvalue weighted by Gasteiger charge is 2.31. The van der Waals surface area contributed by atoms with Crippen LogP contribution in [0.3, 0.4) is 0 Å². The lowest BCUT2D eigenvalue weighted by Gasteiger charge is -2.25. The summed E-state index contributed by atoms with van der Waals surface area (Å²) in [6.07, 6.45) is 3.64. The van der Waals surface area contributed by atoms with E-state index in [2.05, 4.69) is 4.90 Å². The molecule has 1 atom stereocenters. The second kappa shape index (κ2) is 6.40. The second-order valence-electron chi connectivity index (χ2n) is 5.37. The van der Waals surface area contributed by atoms with Crippen molar-refractivity contribution in [3.05, 3.63) is 35.9 Å². The van der Waals surface area contributed by atoms with Gasteiger partial charge in [0.05, 0.1) is 5.56 Å². The molecule has 2 bridgehead atoms. The standard InChI is InChI=1S/C15H19NO2.ClH/c17-15(13-4-2-1-3-5-13)18-14-10-12-6-8-16(11-14)9-7-12;/h1-5,12,14H,6-11H2;1H. The SMILES string of the molecule is Cl.O=C(OC1CC2CCN(CC2)C1)c1ccccc1. The van der Waals surface area contributed by atoms with Crippen molar-refractivity contribution in [2.24, 2.45) is 5.92 Å². The largest absolute Gasteiger partial charge is 0.457 e. The molecule has 0 amide bonds. The highest BCUT2D eigenvalue weighted by Crippen LogP contribution is 2.28. The predicted molar refractivity (Wildman–Crippen MR) is 76.7 cm³/mol. The Hall–Kier alpha value is -1.06. The predicted octanol–water partition coefficient (Wildman–Crippen LogP) is 2.75. The number of halogens is 1. The van der Waals surface area contributed by atoms with E-state index in [0.29, 0.717) is 5.56 Å². The molecule has 1 aromatic carbocycles. The second-order valence-corrected chi connectivity index (χ2v) is 5.37. The summed E-state index contributed by atoms with van der Waals surface area (Å²) in [4.78, 5) is 14.4. The smallest absolute Gasteiger partial charge is 0.338 e. The fourth-order valence-corrected chi connectivity index (χ4v) is 3.02. The van der Waals surface area contributed by atoms with Gasteiger partial charge in [0.25, 0.3) is 0 Å². The molecule has 1 unspecified atom stereocenters. The van der Waals surface area contributed by atoms with Crippen LogP contribution in [0, 0.1) is 5.92 Å². The average molecular weight is 282 g/mol. The third kappa shape index (κ3) is 3.48. The van der Waals surface area contributed by atoms with Crippen LogP contribution in [0.15, 0.2) is 30.3 Å². The van der Waals surface area contributed by atoms with Crippen molar-refractivity contribution >= 4 is 18.4 Å². The van der Waals surface area contributed by atoms with Crippen LogP contribution in [-0.4, -0.2) is 36.6 Å². The molecule has 3 saturated heterocycles. The third-order valence-electron chi connectivity index (χ3n) is 4.05. The van der Waals surface area contributed by atoms with Gasteiger partial charge in [-0.3, -0.25) is 4.90 Å². The van der Waals surface area contributed by atoms with Gasteiger partial charge in [0.15, 0.2) is 0 Å². The van der Waals surface area contributed by atoms with Gasteiger partial charge < -0.3 is 4.74 Å². The van der Waals surface area contributed by atoms with Crippen molar-refractivity contribution in [2.75, 3.05) is 19.6 Å². The van der Waals surface area contributed by atoms with Gasteiger partial charge in [-0.2, -0.15) is 0 Å². The first kappa shape index (κ1) is 14.4. The Bertz CT molecular complexity index is 401. The third-order valence-corrected chi connectivity index (χ3v) is 4.05. The van der Waals surface area contributed by atoms with Gasteiger partial charge in [-0.15, -0.1) is 12.4 Å². The molecule has 0 saturated carbocycles. The number of hydrogen-bond acceptors (Lipinski definition) is 3. The molecule has 3 nitrogen and oxygen atoms in total. The molecule has 0 aliphatic carbocycles. The molecule has 1 aromatic rings. The van der Waals surface area contributed by atoms with E-state index in [4.69, 9.17) is 4.74 Å². The van der Waals surface area contributed by atoms with Crippen molar-refractivity contribution in [3.8, 4) is 0 Å². The topological polar surface area (TPSA) is 29.5 Å². The summed E-state index contributed by atoms with van der Waals surface area (Å²) in [5.41, 5.74) is 0.657. The number of carbonyl (C=O) groups is 1. The molecule has 3 aliphatic rings.